The predicted octanol–water partition coefficient (Wildman–Crippen LogP) is 2.26. The van der Waals surface area contributed by atoms with Gasteiger partial charge in [0.05, 0.1) is 0 Å². The maximum atomic E-state index is 12.0. The highest BCUT2D eigenvalue weighted by Gasteiger charge is 2.18. The molecule has 24 heavy (non-hydrogen) atoms. The lowest BCUT2D eigenvalue weighted by Gasteiger charge is -2.20. The zero-order valence-electron chi connectivity index (χ0n) is 13.0. The van der Waals surface area contributed by atoms with E-state index in [4.69, 9.17) is 9.84 Å². The van der Waals surface area contributed by atoms with Crippen LogP contribution in [0.3, 0.4) is 0 Å². The minimum Gasteiger partial charge on any atom is -0.480 e. The van der Waals surface area contributed by atoms with E-state index in [-0.39, 0.29) is 13.2 Å². The Morgan fingerprint density at radius 3 is 2.42 bits per heavy atom. The summed E-state index contributed by atoms with van der Waals surface area (Å²) in [6, 6.07) is 9.12. The van der Waals surface area contributed by atoms with Gasteiger partial charge in [-0.2, -0.15) is 0 Å². The maximum absolute atomic E-state index is 12.0. The molecule has 132 valence electrons. The van der Waals surface area contributed by atoms with Crippen molar-refractivity contribution in [3.8, 4) is 0 Å². The number of hydrogen-bond donors (Lipinski definition) is 1. The average Bonchev–Trinajstić information content (AvgIpc) is 2.57. The van der Waals surface area contributed by atoms with Gasteiger partial charge < -0.3 is 14.6 Å². The Hall–Kier alpha value is -1.87. The second kappa shape index (κ2) is 12.5. The van der Waals surface area contributed by atoms with Gasteiger partial charge in [-0.3, -0.25) is 14.5 Å². The molecule has 9 heteroatoms. The van der Waals surface area contributed by atoms with Crippen molar-refractivity contribution in [2.45, 2.75) is 6.54 Å². The largest absolute Gasteiger partial charge is 0.480 e. The number of nitrogens with zero attached hydrogens (tertiary/aromatic N) is 1. The number of aliphatic carboxylic acids is 1. The molecular formula is C15H19NO6S2. The SMILES string of the molecule is O=COCCSSCCOC(=O)N(CC(=O)O)Cc1ccccc1. The summed E-state index contributed by atoms with van der Waals surface area (Å²) in [6.45, 7) is 0.673. The van der Waals surface area contributed by atoms with Gasteiger partial charge >= 0.3 is 12.1 Å². The van der Waals surface area contributed by atoms with Crippen LogP contribution >= 0.6 is 21.6 Å². The van der Waals surface area contributed by atoms with E-state index in [1.54, 1.807) is 0 Å². The lowest BCUT2D eigenvalue weighted by Crippen LogP contribution is -2.36. The summed E-state index contributed by atoms with van der Waals surface area (Å²) in [5.74, 6) is 0.114. The highest BCUT2D eigenvalue weighted by atomic mass is 33.1. The molecule has 0 atom stereocenters. The quantitative estimate of drug-likeness (QED) is 0.339. The first-order valence-corrected chi connectivity index (χ1v) is 9.59. The number of benzene rings is 1. The monoisotopic (exact) mass is 373 g/mol. The Morgan fingerprint density at radius 1 is 1.12 bits per heavy atom. The molecule has 0 radical (unpaired) electrons. The van der Waals surface area contributed by atoms with Crippen molar-refractivity contribution in [1.29, 1.82) is 0 Å². The van der Waals surface area contributed by atoms with Crippen molar-refractivity contribution < 1.29 is 29.0 Å². The van der Waals surface area contributed by atoms with Crippen LogP contribution in [0.5, 0.6) is 0 Å². The van der Waals surface area contributed by atoms with E-state index in [1.165, 1.54) is 21.6 Å². The molecular weight excluding hydrogens is 354 g/mol. The molecule has 1 rings (SSSR count). The van der Waals surface area contributed by atoms with Crippen molar-refractivity contribution in [2.24, 2.45) is 0 Å². The van der Waals surface area contributed by atoms with Gasteiger partial charge in [-0.1, -0.05) is 51.9 Å². The lowest BCUT2D eigenvalue weighted by atomic mass is 10.2. The van der Waals surface area contributed by atoms with Gasteiger partial charge in [0.25, 0.3) is 6.47 Å². The predicted molar refractivity (Wildman–Crippen MR) is 92.8 cm³/mol. The Balaban J connectivity index is 2.31. The smallest absolute Gasteiger partial charge is 0.410 e. The minimum atomic E-state index is -1.09. The average molecular weight is 373 g/mol. The second-order valence-electron chi connectivity index (χ2n) is 4.46. The molecule has 0 aliphatic carbocycles. The van der Waals surface area contributed by atoms with Gasteiger partial charge in [0, 0.05) is 18.1 Å². The molecule has 1 amide bonds. The molecule has 7 nitrogen and oxygen atoms in total. The van der Waals surface area contributed by atoms with E-state index < -0.39 is 18.6 Å². The Morgan fingerprint density at radius 2 is 1.79 bits per heavy atom. The van der Waals surface area contributed by atoms with E-state index in [9.17, 15) is 14.4 Å². The molecule has 1 N–H and O–H groups in total. The summed E-state index contributed by atoms with van der Waals surface area (Å²) in [5, 5.41) is 8.93. The lowest BCUT2D eigenvalue weighted by molar-refractivity contribution is -0.138. The fourth-order valence-electron chi connectivity index (χ4n) is 1.65. The summed E-state index contributed by atoms with van der Waals surface area (Å²) in [5.41, 5.74) is 0.829. The molecule has 0 unspecified atom stereocenters. The first-order valence-electron chi connectivity index (χ1n) is 7.10. The first-order chi connectivity index (χ1) is 11.6. The maximum Gasteiger partial charge on any atom is 0.410 e. The summed E-state index contributed by atoms with van der Waals surface area (Å²) < 4.78 is 9.65. The molecule has 0 fully saturated rings. The molecule has 0 aromatic heterocycles. The third kappa shape index (κ3) is 9.31. The van der Waals surface area contributed by atoms with E-state index in [0.717, 1.165) is 10.5 Å². The zero-order valence-corrected chi connectivity index (χ0v) is 14.6. The number of rotatable bonds is 12. The highest BCUT2D eigenvalue weighted by Crippen LogP contribution is 2.20. The third-order valence-electron chi connectivity index (χ3n) is 2.63. The molecule has 0 aliphatic rings. The van der Waals surface area contributed by atoms with Crippen molar-refractivity contribution in [1.82, 2.24) is 4.90 Å². The Kier molecular flexibility index (Phi) is 10.5. The number of hydrogen-bond acceptors (Lipinski definition) is 7. The molecule has 0 saturated heterocycles. The number of carboxylic acids is 1. The van der Waals surface area contributed by atoms with Crippen molar-refractivity contribution in [3.63, 3.8) is 0 Å². The summed E-state index contributed by atoms with van der Waals surface area (Å²) >= 11 is 0. The topological polar surface area (TPSA) is 93.1 Å². The Bertz CT molecular complexity index is 514. The van der Waals surface area contributed by atoms with Gasteiger partial charge in [-0.25, -0.2) is 4.79 Å². The van der Waals surface area contributed by atoms with Crippen LogP contribution in [-0.2, 0) is 25.6 Å². The zero-order chi connectivity index (χ0) is 17.6. The number of carboxylic acid groups (broad SMARTS) is 1. The van der Waals surface area contributed by atoms with Crippen LogP contribution in [-0.4, -0.2) is 59.8 Å². The molecule has 1 aromatic rings. The minimum absolute atomic E-state index is 0.177. The van der Waals surface area contributed by atoms with E-state index in [0.29, 0.717) is 24.6 Å². The summed E-state index contributed by atoms with van der Waals surface area (Å²) in [6.07, 6.45) is -0.656. The van der Waals surface area contributed by atoms with Crippen LogP contribution in [0, 0.1) is 0 Å². The molecule has 1 aromatic carbocycles. The van der Waals surface area contributed by atoms with Crippen molar-refractivity contribution >= 4 is 40.1 Å². The summed E-state index contributed by atoms with van der Waals surface area (Å²) in [7, 11) is 2.98. The number of carbonyl (C=O) groups excluding carboxylic acids is 2. The number of amides is 1. The first kappa shape index (κ1) is 20.2. The van der Waals surface area contributed by atoms with Gasteiger partial charge in [-0.15, -0.1) is 0 Å². The van der Waals surface area contributed by atoms with E-state index in [1.807, 2.05) is 30.3 Å². The van der Waals surface area contributed by atoms with Crippen LogP contribution in [0.4, 0.5) is 4.79 Å². The van der Waals surface area contributed by atoms with Crippen LogP contribution in [0.1, 0.15) is 5.56 Å². The third-order valence-corrected chi connectivity index (χ3v) is 4.96. The van der Waals surface area contributed by atoms with Gasteiger partial charge in [0.2, 0.25) is 0 Å². The van der Waals surface area contributed by atoms with Crippen molar-refractivity contribution in [2.75, 3.05) is 31.3 Å². The molecule has 0 bridgehead atoms. The van der Waals surface area contributed by atoms with Crippen LogP contribution in [0.25, 0.3) is 0 Å². The summed E-state index contributed by atoms with van der Waals surface area (Å²) in [4.78, 5) is 34.0. The molecule has 0 aliphatic heterocycles. The van der Waals surface area contributed by atoms with Gasteiger partial charge in [-0.05, 0) is 5.56 Å². The molecule has 0 saturated carbocycles. The van der Waals surface area contributed by atoms with Crippen LogP contribution in [0.2, 0.25) is 0 Å². The number of carbonyl (C=O) groups is 3. The van der Waals surface area contributed by atoms with Gasteiger partial charge in [0.15, 0.2) is 0 Å². The highest BCUT2D eigenvalue weighted by molar-refractivity contribution is 8.76. The fraction of sp³-hybridized carbons (Fsp3) is 0.400. The van der Waals surface area contributed by atoms with Crippen LogP contribution in [0.15, 0.2) is 30.3 Å². The second-order valence-corrected chi connectivity index (χ2v) is 7.16. The normalized spacial score (nSPS) is 10.0. The Labute approximate surface area is 148 Å². The molecule has 0 heterocycles. The number of ether oxygens (including phenoxy) is 2. The van der Waals surface area contributed by atoms with Crippen LogP contribution < -0.4 is 0 Å². The standard InChI is InChI=1S/C15H19NO6S2/c17-12-21-6-8-23-24-9-7-22-15(20)16(11-14(18)19)10-13-4-2-1-3-5-13/h1-5,12H,6-11H2,(H,18,19). The van der Waals surface area contributed by atoms with Crippen molar-refractivity contribution in [3.05, 3.63) is 35.9 Å². The molecule has 0 spiro atoms. The fourth-order valence-corrected chi connectivity index (χ4v) is 3.32. The van der Waals surface area contributed by atoms with Gasteiger partial charge in [0.1, 0.15) is 19.8 Å². The van der Waals surface area contributed by atoms with E-state index in [2.05, 4.69) is 4.74 Å². The van der Waals surface area contributed by atoms with E-state index >= 15 is 0 Å².